The van der Waals surface area contributed by atoms with Crippen molar-refractivity contribution in [3.8, 4) is 0 Å². The highest BCUT2D eigenvalue weighted by Gasteiger charge is 2.22. The van der Waals surface area contributed by atoms with E-state index in [4.69, 9.17) is 11.6 Å². The van der Waals surface area contributed by atoms with Crippen LogP contribution >= 0.6 is 11.6 Å². The highest BCUT2D eigenvalue weighted by molar-refractivity contribution is 6.32. The van der Waals surface area contributed by atoms with Gasteiger partial charge in [0.25, 0.3) is 11.6 Å². The molecule has 0 atom stereocenters. The first-order chi connectivity index (χ1) is 11.0. The molecular weight excluding hydrogens is 318 g/mol. The van der Waals surface area contributed by atoms with Crippen LogP contribution in [0.5, 0.6) is 0 Å². The van der Waals surface area contributed by atoms with Gasteiger partial charge in [-0.1, -0.05) is 41.9 Å². The maximum absolute atomic E-state index is 12.0. The summed E-state index contributed by atoms with van der Waals surface area (Å²) in [6, 6.07) is 13.0. The third-order valence-electron chi connectivity index (χ3n) is 3.22. The summed E-state index contributed by atoms with van der Waals surface area (Å²) in [7, 11) is 0. The number of nitrogens with zero attached hydrogens (tertiary/aromatic N) is 2. The van der Waals surface area contributed by atoms with Gasteiger partial charge in [0.05, 0.1) is 4.92 Å². The summed E-state index contributed by atoms with van der Waals surface area (Å²) < 4.78 is 0. The van der Waals surface area contributed by atoms with E-state index < -0.39 is 4.92 Å². The first kappa shape index (κ1) is 14.9. The van der Waals surface area contributed by atoms with Gasteiger partial charge in [-0.25, -0.2) is 4.99 Å². The number of rotatable bonds is 3. The monoisotopic (exact) mass is 327 g/mol. The van der Waals surface area contributed by atoms with Crippen molar-refractivity contribution in [3.05, 3.63) is 80.5 Å². The lowest BCUT2D eigenvalue weighted by Crippen LogP contribution is -2.24. The van der Waals surface area contributed by atoms with Gasteiger partial charge in [-0.05, 0) is 17.7 Å². The van der Waals surface area contributed by atoms with Crippen LogP contribution in [0, 0.1) is 10.1 Å². The number of hydrogen-bond acceptors (Lipinski definition) is 4. The minimum atomic E-state index is -0.499. The Balaban J connectivity index is 1.97. The summed E-state index contributed by atoms with van der Waals surface area (Å²) in [4.78, 5) is 26.6. The molecule has 0 aromatic heterocycles. The Kier molecular flexibility index (Phi) is 3.91. The molecule has 0 spiro atoms. The molecule has 1 heterocycles. The van der Waals surface area contributed by atoms with Gasteiger partial charge in [0.2, 0.25) is 0 Å². The second-order valence-corrected chi connectivity index (χ2v) is 5.18. The lowest BCUT2D eigenvalue weighted by molar-refractivity contribution is -0.384. The fraction of sp³-hybridized carbons (Fsp3) is 0. The van der Waals surface area contributed by atoms with E-state index in [1.165, 1.54) is 18.2 Å². The molecule has 2 aromatic carbocycles. The van der Waals surface area contributed by atoms with Gasteiger partial charge in [-0.3, -0.25) is 14.9 Å². The number of hydrogen-bond donors (Lipinski definition) is 1. The third kappa shape index (κ3) is 3.12. The molecule has 0 saturated heterocycles. The van der Waals surface area contributed by atoms with Crippen molar-refractivity contribution in [2.45, 2.75) is 0 Å². The van der Waals surface area contributed by atoms with Gasteiger partial charge in [-0.15, -0.1) is 0 Å². The Morgan fingerprint density at radius 1 is 1.17 bits per heavy atom. The lowest BCUT2D eigenvalue weighted by Gasteiger charge is -1.99. The van der Waals surface area contributed by atoms with Crippen molar-refractivity contribution in [1.29, 1.82) is 0 Å². The zero-order chi connectivity index (χ0) is 16.4. The molecule has 2 aromatic rings. The first-order valence-electron chi connectivity index (χ1n) is 6.66. The molecular formula is C16H10ClN3O3. The van der Waals surface area contributed by atoms with Gasteiger partial charge in [0.1, 0.15) is 11.5 Å². The van der Waals surface area contributed by atoms with Crippen LogP contribution in [0.3, 0.4) is 0 Å². The number of amides is 1. The molecule has 0 bridgehead atoms. The molecule has 114 valence electrons. The fourth-order valence-electron chi connectivity index (χ4n) is 2.11. The number of halogens is 1. The Bertz CT molecular complexity index is 874. The SMILES string of the molecule is O=C1NC(c2cccc([N+](=O)[O-])c2)=NC1=Cc1ccccc1Cl. The predicted octanol–water partition coefficient (Wildman–Crippen LogP) is 3.17. The molecule has 1 aliphatic rings. The van der Waals surface area contributed by atoms with Crippen molar-refractivity contribution >= 4 is 35.1 Å². The zero-order valence-corrected chi connectivity index (χ0v) is 12.4. The average Bonchev–Trinajstić information content (AvgIpc) is 2.91. The van der Waals surface area contributed by atoms with Crippen LogP contribution < -0.4 is 5.32 Å². The Labute approximate surface area is 136 Å². The molecule has 6 nitrogen and oxygen atoms in total. The van der Waals surface area contributed by atoms with Crippen molar-refractivity contribution < 1.29 is 9.72 Å². The molecule has 0 fully saturated rings. The number of nitrogens with one attached hydrogen (secondary N) is 1. The number of amidine groups is 1. The topological polar surface area (TPSA) is 84.6 Å². The van der Waals surface area contributed by atoms with Gasteiger partial charge < -0.3 is 5.32 Å². The maximum atomic E-state index is 12.0. The van der Waals surface area contributed by atoms with E-state index in [1.807, 2.05) is 0 Å². The van der Waals surface area contributed by atoms with E-state index in [1.54, 1.807) is 36.4 Å². The number of aliphatic imine (C=N–C) groups is 1. The second-order valence-electron chi connectivity index (χ2n) is 4.77. The maximum Gasteiger partial charge on any atom is 0.275 e. The number of benzene rings is 2. The number of nitro groups is 1. The first-order valence-corrected chi connectivity index (χ1v) is 7.03. The quantitative estimate of drug-likeness (QED) is 0.534. The Morgan fingerprint density at radius 3 is 2.70 bits per heavy atom. The van der Waals surface area contributed by atoms with Crippen molar-refractivity contribution in [1.82, 2.24) is 5.32 Å². The van der Waals surface area contributed by atoms with Crippen LogP contribution in [0.25, 0.3) is 6.08 Å². The summed E-state index contributed by atoms with van der Waals surface area (Å²) >= 11 is 6.06. The lowest BCUT2D eigenvalue weighted by atomic mass is 10.2. The second kappa shape index (κ2) is 6.02. The fourth-order valence-corrected chi connectivity index (χ4v) is 2.30. The molecule has 0 saturated carbocycles. The molecule has 0 radical (unpaired) electrons. The summed E-state index contributed by atoms with van der Waals surface area (Å²) in [6.45, 7) is 0. The number of carbonyl (C=O) groups excluding carboxylic acids is 1. The van der Waals surface area contributed by atoms with Crippen LogP contribution in [-0.4, -0.2) is 16.7 Å². The molecule has 23 heavy (non-hydrogen) atoms. The van der Waals surface area contributed by atoms with Crippen molar-refractivity contribution in [2.24, 2.45) is 4.99 Å². The van der Waals surface area contributed by atoms with Gasteiger partial charge in [0.15, 0.2) is 0 Å². The van der Waals surface area contributed by atoms with E-state index >= 15 is 0 Å². The molecule has 3 rings (SSSR count). The van der Waals surface area contributed by atoms with E-state index in [0.717, 1.165) is 0 Å². The minimum absolute atomic E-state index is 0.0667. The highest BCUT2D eigenvalue weighted by Crippen LogP contribution is 2.21. The summed E-state index contributed by atoms with van der Waals surface area (Å²) in [5, 5.41) is 13.9. The van der Waals surface area contributed by atoms with Crippen molar-refractivity contribution in [3.63, 3.8) is 0 Å². The summed E-state index contributed by atoms with van der Waals surface area (Å²) in [6.07, 6.45) is 1.57. The molecule has 1 N–H and O–H groups in total. The molecule has 7 heteroatoms. The minimum Gasteiger partial charge on any atom is -0.305 e. The Morgan fingerprint density at radius 2 is 1.96 bits per heavy atom. The zero-order valence-electron chi connectivity index (χ0n) is 11.7. The molecule has 1 amide bonds. The third-order valence-corrected chi connectivity index (χ3v) is 3.57. The van der Waals surface area contributed by atoms with Crippen LogP contribution in [0.1, 0.15) is 11.1 Å². The largest absolute Gasteiger partial charge is 0.305 e. The normalized spacial score (nSPS) is 15.4. The summed E-state index contributed by atoms with van der Waals surface area (Å²) in [5.74, 6) is -0.108. The molecule has 1 aliphatic heterocycles. The number of carbonyl (C=O) groups is 1. The van der Waals surface area contributed by atoms with E-state index in [-0.39, 0.29) is 23.1 Å². The molecule has 0 unspecified atom stereocenters. The number of non-ortho nitro benzene ring substituents is 1. The van der Waals surface area contributed by atoms with Crippen LogP contribution in [0.4, 0.5) is 5.69 Å². The van der Waals surface area contributed by atoms with Crippen molar-refractivity contribution in [2.75, 3.05) is 0 Å². The van der Waals surface area contributed by atoms with E-state index in [2.05, 4.69) is 10.3 Å². The van der Waals surface area contributed by atoms with E-state index in [9.17, 15) is 14.9 Å². The smallest absolute Gasteiger partial charge is 0.275 e. The predicted molar refractivity (Wildman–Crippen MR) is 87.2 cm³/mol. The van der Waals surface area contributed by atoms with Crippen LogP contribution in [-0.2, 0) is 4.79 Å². The van der Waals surface area contributed by atoms with Gasteiger partial charge in [0, 0.05) is 22.7 Å². The average molecular weight is 328 g/mol. The Hall–Kier alpha value is -2.99. The van der Waals surface area contributed by atoms with Crippen LogP contribution in [0.2, 0.25) is 5.02 Å². The standard InChI is InChI=1S/C16H10ClN3O3/c17-13-7-2-1-4-10(13)9-14-16(21)19-15(18-14)11-5-3-6-12(8-11)20(22)23/h1-9H,(H,18,19,21). The van der Waals surface area contributed by atoms with E-state index in [0.29, 0.717) is 16.1 Å². The number of nitro benzene ring substituents is 1. The van der Waals surface area contributed by atoms with Gasteiger partial charge in [-0.2, -0.15) is 0 Å². The highest BCUT2D eigenvalue weighted by atomic mass is 35.5. The van der Waals surface area contributed by atoms with Crippen LogP contribution in [0.15, 0.2) is 59.2 Å². The summed E-state index contributed by atoms with van der Waals surface area (Å²) in [5.41, 5.74) is 1.26. The molecule has 0 aliphatic carbocycles. The van der Waals surface area contributed by atoms with Gasteiger partial charge >= 0.3 is 0 Å².